The highest BCUT2D eigenvalue weighted by Gasteiger charge is 2.36. The summed E-state index contributed by atoms with van der Waals surface area (Å²) in [6.07, 6.45) is 7.01. The molecule has 0 saturated carbocycles. The van der Waals surface area contributed by atoms with Crippen molar-refractivity contribution in [2.45, 2.75) is 84.8 Å². The van der Waals surface area contributed by atoms with E-state index in [1.165, 1.54) is 18.6 Å². The number of esters is 1. The number of hydrogen-bond donors (Lipinski definition) is 1. The lowest BCUT2D eigenvalue weighted by atomic mass is 9.88. The first-order valence-electron chi connectivity index (χ1n) is 10.00. The Kier molecular flexibility index (Phi) is 9.59. The van der Waals surface area contributed by atoms with E-state index in [9.17, 15) is 14.4 Å². The predicted molar refractivity (Wildman–Crippen MR) is 108 cm³/mol. The highest BCUT2D eigenvalue weighted by molar-refractivity contribution is 5.89. The minimum atomic E-state index is -0.857. The standard InChI is InChI=1S/C22H35NO5/c1-15(2)8-10-19(28-17(4)24)16(3)7-6-12-22(5)20(25)11-9-18(14-27-22)13-21(23)26/h8,13,16,19H,6-7,9-12,14H2,1-5H3,(H2,23,26)/t16?,19?,22-/m0/s1. The van der Waals surface area contributed by atoms with Crippen molar-refractivity contribution in [2.24, 2.45) is 11.7 Å². The number of primary amides is 1. The van der Waals surface area contributed by atoms with Crippen LogP contribution in [0.4, 0.5) is 0 Å². The number of carbonyl (C=O) groups excluding carboxylic acids is 3. The number of amides is 1. The summed E-state index contributed by atoms with van der Waals surface area (Å²) in [5.74, 6) is -0.568. The number of nitrogens with two attached hydrogens (primary N) is 1. The van der Waals surface area contributed by atoms with Gasteiger partial charge in [0.05, 0.1) is 6.61 Å². The minimum Gasteiger partial charge on any atom is -0.462 e. The minimum absolute atomic E-state index is 0.0501. The molecule has 6 heteroatoms. The third kappa shape index (κ3) is 8.38. The molecule has 1 amide bonds. The van der Waals surface area contributed by atoms with Crippen LogP contribution >= 0.6 is 0 Å². The molecule has 1 aliphatic rings. The van der Waals surface area contributed by atoms with Gasteiger partial charge in [0.15, 0.2) is 5.78 Å². The fraction of sp³-hybridized carbons (Fsp3) is 0.682. The van der Waals surface area contributed by atoms with Gasteiger partial charge in [0.2, 0.25) is 5.91 Å². The van der Waals surface area contributed by atoms with E-state index in [0.717, 1.165) is 18.4 Å². The van der Waals surface area contributed by atoms with Crippen molar-refractivity contribution in [3.63, 3.8) is 0 Å². The summed E-state index contributed by atoms with van der Waals surface area (Å²) in [5, 5.41) is 0. The van der Waals surface area contributed by atoms with Gasteiger partial charge in [-0.3, -0.25) is 14.4 Å². The van der Waals surface area contributed by atoms with Crippen LogP contribution in [0.5, 0.6) is 0 Å². The maximum absolute atomic E-state index is 12.6. The smallest absolute Gasteiger partial charge is 0.302 e. The molecule has 0 spiro atoms. The van der Waals surface area contributed by atoms with Gasteiger partial charge in [-0.2, -0.15) is 0 Å². The van der Waals surface area contributed by atoms with Gasteiger partial charge in [-0.1, -0.05) is 18.6 Å². The largest absolute Gasteiger partial charge is 0.462 e. The van der Waals surface area contributed by atoms with Crippen LogP contribution in [0.25, 0.3) is 0 Å². The molecule has 158 valence electrons. The van der Waals surface area contributed by atoms with Crippen LogP contribution in [0.3, 0.4) is 0 Å². The van der Waals surface area contributed by atoms with E-state index in [0.29, 0.717) is 25.7 Å². The first kappa shape index (κ1) is 24.1. The van der Waals surface area contributed by atoms with Gasteiger partial charge in [0.25, 0.3) is 0 Å². The zero-order chi connectivity index (χ0) is 21.3. The van der Waals surface area contributed by atoms with Crippen LogP contribution in [0.1, 0.15) is 73.1 Å². The van der Waals surface area contributed by atoms with E-state index in [1.54, 1.807) is 0 Å². The predicted octanol–water partition coefficient (Wildman–Crippen LogP) is 3.63. The Labute approximate surface area is 168 Å². The number of ether oxygens (including phenoxy) is 2. The molecule has 1 aliphatic heterocycles. The van der Waals surface area contributed by atoms with E-state index in [2.05, 4.69) is 13.0 Å². The van der Waals surface area contributed by atoms with Gasteiger partial charge in [-0.25, -0.2) is 0 Å². The molecule has 1 saturated heterocycles. The van der Waals surface area contributed by atoms with E-state index in [-0.39, 0.29) is 30.4 Å². The second-order valence-electron chi connectivity index (χ2n) is 8.18. The van der Waals surface area contributed by atoms with E-state index >= 15 is 0 Å². The van der Waals surface area contributed by atoms with Crippen LogP contribution in [0.2, 0.25) is 0 Å². The quantitative estimate of drug-likeness (QED) is 0.367. The number of rotatable bonds is 9. The summed E-state index contributed by atoms with van der Waals surface area (Å²) in [7, 11) is 0. The monoisotopic (exact) mass is 393 g/mol. The Hall–Kier alpha value is -1.95. The summed E-state index contributed by atoms with van der Waals surface area (Å²) >= 11 is 0. The maximum Gasteiger partial charge on any atom is 0.302 e. The molecule has 0 aromatic carbocycles. The molecular formula is C22H35NO5. The second kappa shape index (κ2) is 11.1. The maximum atomic E-state index is 12.6. The fourth-order valence-electron chi connectivity index (χ4n) is 3.38. The van der Waals surface area contributed by atoms with Crippen LogP contribution in [-0.4, -0.2) is 36.0 Å². The van der Waals surface area contributed by atoms with Crippen molar-refractivity contribution >= 4 is 17.7 Å². The number of hydrogen-bond acceptors (Lipinski definition) is 5. The van der Waals surface area contributed by atoms with Gasteiger partial charge >= 0.3 is 5.97 Å². The van der Waals surface area contributed by atoms with Crippen molar-refractivity contribution in [2.75, 3.05) is 6.61 Å². The Bertz CT molecular complexity index is 633. The molecule has 1 rings (SSSR count). The first-order chi connectivity index (χ1) is 13.0. The summed E-state index contributed by atoms with van der Waals surface area (Å²) in [6.45, 7) is 9.60. The Morgan fingerprint density at radius 3 is 2.54 bits per heavy atom. The molecule has 0 radical (unpaired) electrons. The topological polar surface area (TPSA) is 95.7 Å². The molecule has 0 aromatic heterocycles. The molecule has 2 unspecified atom stereocenters. The number of allylic oxidation sites excluding steroid dienone is 1. The molecule has 1 fully saturated rings. The number of Topliss-reactive ketones (excluding diaryl/α,β-unsaturated/α-hetero) is 1. The molecule has 0 aliphatic carbocycles. The number of carbonyl (C=O) groups is 3. The van der Waals surface area contributed by atoms with Gasteiger partial charge in [-0.05, 0) is 57.9 Å². The van der Waals surface area contributed by atoms with Crippen molar-refractivity contribution in [1.82, 2.24) is 0 Å². The molecule has 6 nitrogen and oxygen atoms in total. The van der Waals surface area contributed by atoms with Crippen LogP contribution in [0, 0.1) is 5.92 Å². The zero-order valence-corrected chi connectivity index (χ0v) is 17.9. The average molecular weight is 394 g/mol. The molecule has 1 heterocycles. The molecule has 28 heavy (non-hydrogen) atoms. The van der Waals surface area contributed by atoms with Crippen molar-refractivity contribution in [1.29, 1.82) is 0 Å². The third-order valence-electron chi connectivity index (χ3n) is 5.21. The van der Waals surface area contributed by atoms with Crippen molar-refractivity contribution < 1.29 is 23.9 Å². The van der Waals surface area contributed by atoms with Gasteiger partial charge in [0, 0.05) is 25.8 Å². The summed E-state index contributed by atoms with van der Waals surface area (Å²) in [6, 6.07) is 0. The summed E-state index contributed by atoms with van der Waals surface area (Å²) < 4.78 is 11.4. The lowest BCUT2D eigenvalue weighted by molar-refractivity contribution is -0.148. The lowest BCUT2D eigenvalue weighted by Crippen LogP contribution is -2.37. The first-order valence-corrected chi connectivity index (χ1v) is 10.00. The fourth-order valence-corrected chi connectivity index (χ4v) is 3.38. The third-order valence-corrected chi connectivity index (χ3v) is 5.21. The highest BCUT2D eigenvalue weighted by Crippen LogP contribution is 2.29. The lowest BCUT2D eigenvalue weighted by Gasteiger charge is -2.28. The summed E-state index contributed by atoms with van der Waals surface area (Å²) in [4.78, 5) is 35.0. The SMILES string of the molecule is CC(=O)OC(CC=C(C)C)C(C)CCC[C@]1(C)OCC(=CC(N)=O)CCC1=O. The van der Waals surface area contributed by atoms with E-state index in [4.69, 9.17) is 15.2 Å². The molecule has 3 atom stereocenters. The Balaban J connectivity index is 2.65. The number of ketones is 1. The zero-order valence-electron chi connectivity index (χ0n) is 17.9. The highest BCUT2D eigenvalue weighted by atomic mass is 16.5. The van der Waals surface area contributed by atoms with E-state index in [1.807, 2.05) is 20.8 Å². The molecule has 0 aromatic rings. The van der Waals surface area contributed by atoms with Gasteiger partial charge in [-0.15, -0.1) is 0 Å². The van der Waals surface area contributed by atoms with Crippen molar-refractivity contribution in [3.8, 4) is 0 Å². The second-order valence-corrected chi connectivity index (χ2v) is 8.18. The van der Waals surface area contributed by atoms with Crippen LogP contribution < -0.4 is 5.73 Å². The van der Waals surface area contributed by atoms with Crippen LogP contribution in [-0.2, 0) is 23.9 Å². The van der Waals surface area contributed by atoms with Crippen LogP contribution in [0.15, 0.2) is 23.3 Å². The normalized spacial score (nSPS) is 23.6. The van der Waals surface area contributed by atoms with Crippen molar-refractivity contribution in [3.05, 3.63) is 23.3 Å². The van der Waals surface area contributed by atoms with E-state index < -0.39 is 11.5 Å². The Morgan fingerprint density at radius 2 is 1.96 bits per heavy atom. The van der Waals surface area contributed by atoms with Gasteiger partial charge in [0.1, 0.15) is 11.7 Å². The summed E-state index contributed by atoms with van der Waals surface area (Å²) in [5.41, 5.74) is 6.29. The van der Waals surface area contributed by atoms with Gasteiger partial charge < -0.3 is 15.2 Å². The average Bonchev–Trinajstić information content (AvgIpc) is 2.71. The molecular weight excluding hydrogens is 358 g/mol. The Morgan fingerprint density at radius 1 is 1.29 bits per heavy atom. The molecule has 2 N–H and O–H groups in total. The molecule has 0 bridgehead atoms.